The van der Waals surface area contributed by atoms with Crippen LogP contribution < -0.4 is 0 Å². The predicted octanol–water partition coefficient (Wildman–Crippen LogP) is -0.0286. The van der Waals surface area contributed by atoms with Crippen molar-refractivity contribution in [1.29, 1.82) is 0 Å². The maximum atomic E-state index is 12.3. The lowest BCUT2D eigenvalue weighted by atomic mass is 10.2. The molecule has 1 heterocycles. The number of likely N-dealkylation sites (tertiary alicyclic amines) is 1. The summed E-state index contributed by atoms with van der Waals surface area (Å²) in [4.78, 5) is 26.2. The number of nitrogens with zero attached hydrogens (tertiary/aromatic N) is 2. The van der Waals surface area contributed by atoms with Crippen molar-refractivity contribution in [2.75, 3.05) is 19.6 Å². The largest absolute Gasteiger partial charge is 0.480 e. The topological polar surface area (TPSA) is 81.1 Å². The molecule has 2 atom stereocenters. The first-order valence-electron chi connectivity index (χ1n) is 6.42. The summed E-state index contributed by atoms with van der Waals surface area (Å²) in [5, 5.41) is 18.7. The van der Waals surface area contributed by atoms with Crippen molar-refractivity contribution in [3.63, 3.8) is 0 Å². The van der Waals surface area contributed by atoms with E-state index in [0.29, 0.717) is 12.5 Å². The van der Waals surface area contributed by atoms with Crippen LogP contribution in [0, 0.1) is 18.3 Å². The zero-order chi connectivity index (χ0) is 14.0. The fraction of sp³-hybridized carbons (Fsp3) is 0.692. The second-order valence-corrected chi connectivity index (χ2v) is 5.21. The van der Waals surface area contributed by atoms with E-state index in [2.05, 4.69) is 5.92 Å². The van der Waals surface area contributed by atoms with Crippen molar-refractivity contribution >= 4 is 12.0 Å². The average Bonchev–Trinajstić information content (AvgIpc) is 3.08. The highest BCUT2D eigenvalue weighted by molar-refractivity contribution is 5.83. The second-order valence-electron chi connectivity index (χ2n) is 5.21. The maximum Gasteiger partial charge on any atom is 0.326 e. The molecule has 2 aliphatic rings. The van der Waals surface area contributed by atoms with Gasteiger partial charge in [-0.3, -0.25) is 0 Å². The summed E-state index contributed by atoms with van der Waals surface area (Å²) in [6.45, 7) is 0.803. The molecule has 1 aliphatic carbocycles. The Morgan fingerprint density at radius 1 is 1.42 bits per heavy atom. The molecule has 0 aromatic rings. The zero-order valence-corrected chi connectivity index (χ0v) is 10.7. The summed E-state index contributed by atoms with van der Waals surface area (Å²) in [6, 6.07) is -1.34. The highest BCUT2D eigenvalue weighted by Crippen LogP contribution is 2.30. The van der Waals surface area contributed by atoms with Crippen LogP contribution in [0.2, 0.25) is 0 Å². The Morgan fingerprint density at radius 3 is 2.63 bits per heavy atom. The number of carbonyl (C=O) groups is 2. The van der Waals surface area contributed by atoms with Crippen molar-refractivity contribution < 1.29 is 19.8 Å². The number of urea groups is 1. The number of terminal acetylenes is 1. The molecule has 2 N–H and O–H groups in total. The number of aliphatic hydroxyl groups excluding tert-OH is 1. The lowest BCUT2D eigenvalue weighted by Crippen LogP contribution is -2.48. The van der Waals surface area contributed by atoms with Gasteiger partial charge in [-0.05, 0) is 18.8 Å². The third-order valence-corrected chi connectivity index (χ3v) is 3.54. The summed E-state index contributed by atoms with van der Waals surface area (Å²) >= 11 is 0. The molecule has 1 saturated carbocycles. The number of carbonyl (C=O) groups excluding carboxylic acids is 1. The molecule has 19 heavy (non-hydrogen) atoms. The van der Waals surface area contributed by atoms with Crippen LogP contribution in [0.25, 0.3) is 0 Å². The standard InChI is InChI=1S/C13H18N2O4/c1-2-5-14(7-9-3-4-9)13(19)15-8-10(16)6-11(15)12(17)18/h1,9-11,16H,3-8H2,(H,17,18)/t10-,11+/m1/s1. The number of rotatable bonds is 4. The van der Waals surface area contributed by atoms with Gasteiger partial charge in [0.05, 0.1) is 12.6 Å². The summed E-state index contributed by atoms with van der Waals surface area (Å²) in [7, 11) is 0. The van der Waals surface area contributed by atoms with Crippen LogP contribution in [-0.2, 0) is 4.79 Å². The number of aliphatic carboxylic acids is 1. The molecule has 0 aromatic heterocycles. The van der Waals surface area contributed by atoms with E-state index in [9.17, 15) is 14.7 Å². The predicted molar refractivity (Wildman–Crippen MR) is 67.3 cm³/mol. The first-order valence-corrected chi connectivity index (χ1v) is 6.42. The normalized spacial score (nSPS) is 26.0. The summed E-state index contributed by atoms with van der Waals surface area (Å²) in [6.07, 6.45) is 6.72. The number of hydrogen-bond donors (Lipinski definition) is 2. The maximum absolute atomic E-state index is 12.3. The van der Waals surface area contributed by atoms with Crippen molar-refractivity contribution in [3.05, 3.63) is 0 Å². The van der Waals surface area contributed by atoms with E-state index in [-0.39, 0.29) is 25.5 Å². The van der Waals surface area contributed by atoms with Gasteiger partial charge in [0, 0.05) is 19.5 Å². The van der Waals surface area contributed by atoms with Gasteiger partial charge in [-0.2, -0.15) is 0 Å². The Kier molecular flexibility index (Phi) is 3.96. The third kappa shape index (κ3) is 3.18. The molecule has 1 saturated heterocycles. The Bertz CT molecular complexity index is 413. The molecular weight excluding hydrogens is 248 g/mol. The van der Waals surface area contributed by atoms with Gasteiger partial charge in [-0.25, -0.2) is 9.59 Å². The molecule has 0 radical (unpaired) electrons. The molecule has 0 aromatic carbocycles. The number of β-amino-alcohol motifs (C(OH)–C–C–N with tert-alkyl or cyclic N) is 1. The molecule has 2 amide bonds. The molecule has 0 spiro atoms. The smallest absolute Gasteiger partial charge is 0.326 e. The van der Waals surface area contributed by atoms with Gasteiger partial charge < -0.3 is 20.0 Å². The monoisotopic (exact) mass is 266 g/mol. The van der Waals surface area contributed by atoms with E-state index in [1.807, 2.05) is 0 Å². The van der Waals surface area contributed by atoms with E-state index in [1.54, 1.807) is 0 Å². The molecule has 0 unspecified atom stereocenters. The van der Waals surface area contributed by atoms with Crippen LogP contribution in [0.3, 0.4) is 0 Å². The Morgan fingerprint density at radius 2 is 2.11 bits per heavy atom. The van der Waals surface area contributed by atoms with E-state index in [4.69, 9.17) is 11.5 Å². The number of aliphatic hydroxyl groups is 1. The van der Waals surface area contributed by atoms with Gasteiger partial charge in [0.2, 0.25) is 0 Å². The average molecular weight is 266 g/mol. The Hall–Kier alpha value is -1.74. The Balaban J connectivity index is 2.06. The second kappa shape index (κ2) is 5.49. The Labute approximate surface area is 112 Å². The van der Waals surface area contributed by atoms with Crippen LogP contribution in [0.1, 0.15) is 19.3 Å². The molecule has 0 bridgehead atoms. The first-order chi connectivity index (χ1) is 9.02. The minimum absolute atomic E-state index is 0.0571. The number of hydrogen-bond acceptors (Lipinski definition) is 3. The quantitative estimate of drug-likeness (QED) is 0.700. The van der Waals surface area contributed by atoms with Crippen LogP contribution >= 0.6 is 0 Å². The number of carboxylic acid groups (broad SMARTS) is 1. The lowest BCUT2D eigenvalue weighted by Gasteiger charge is -2.29. The summed E-state index contributed by atoms with van der Waals surface area (Å²) < 4.78 is 0. The van der Waals surface area contributed by atoms with Crippen LogP contribution in [0.4, 0.5) is 4.79 Å². The minimum Gasteiger partial charge on any atom is -0.480 e. The van der Waals surface area contributed by atoms with Crippen LogP contribution in [-0.4, -0.2) is 63.8 Å². The van der Waals surface area contributed by atoms with Crippen LogP contribution in [0.5, 0.6) is 0 Å². The molecule has 1 aliphatic heterocycles. The minimum atomic E-state index is -1.09. The van der Waals surface area contributed by atoms with Gasteiger partial charge in [0.1, 0.15) is 6.04 Å². The van der Waals surface area contributed by atoms with Gasteiger partial charge in [0.15, 0.2) is 0 Å². The lowest BCUT2D eigenvalue weighted by molar-refractivity contribution is -0.141. The van der Waals surface area contributed by atoms with E-state index in [1.165, 1.54) is 9.80 Å². The van der Waals surface area contributed by atoms with Crippen molar-refractivity contribution in [1.82, 2.24) is 9.80 Å². The molecule has 2 rings (SSSR count). The highest BCUT2D eigenvalue weighted by atomic mass is 16.4. The van der Waals surface area contributed by atoms with Crippen molar-refractivity contribution in [2.24, 2.45) is 5.92 Å². The third-order valence-electron chi connectivity index (χ3n) is 3.54. The molecule has 6 nitrogen and oxygen atoms in total. The van der Waals surface area contributed by atoms with E-state index < -0.39 is 18.1 Å². The fourth-order valence-corrected chi connectivity index (χ4v) is 2.37. The van der Waals surface area contributed by atoms with E-state index in [0.717, 1.165) is 12.8 Å². The van der Waals surface area contributed by atoms with Crippen molar-refractivity contribution in [3.8, 4) is 12.3 Å². The van der Waals surface area contributed by atoms with Crippen LogP contribution in [0.15, 0.2) is 0 Å². The highest BCUT2D eigenvalue weighted by Gasteiger charge is 2.41. The molecule has 104 valence electrons. The number of amides is 2. The summed E-state index contributed by atoms with van der Waals surface area (Å²) in [5.41, 5.74) is 0. The SMILES string of the molecule is C#CCN(CC1CC1)C(=O)N1C[C@H](O)C[C@H]1C(=O)O. The first kappa shape index (κ1) is 13.7. The summed E-state index contributed by atoms with van der Waals surface area (Å²) in [5.74, 6) is 1.82. The van der Waals surface area contributed by atoms with Gasteiger partial charge in [0.25, 0.3) is 0 Å². The molecular formula is C13H18N2O4. The van der Waals surface area contributed by atoms with Gasteiger partial charge >= 0.3 is 12.0 Å². The van der Waals surface area contributed by atoms with Crippen molar-refractivity contribution in [2.45, 2.75) is 31.4 Å². The van der Waals surface area contributed by atoms with Gasteiger partial charge in [-0.15, -0.1) is 6.42 Å². The molecule has 2 fully saturated rings. The molecule has 6 heteroatoms. The zero-order valence-electron chi connectivity index (χ0n) is 10.7. The number of carboxylic acids is 1. The van der Waals surface area contributed by atoms with Gasteiger partial charge in [-0.1, -0.05) is 5.92 Å². The fourth-order valence-electron chi connectivity index (χ4n) is 2.37. The van der Waals surface area contributed by atoms with E-state index >= 15 is 0 Å².